The number of nitrogens with zero attached hydrogens (tertiary/aromatic N) is 1. The molecule has 1 aromatic carbocycles. The molecule has 0 radical (unpaired) electrons. The van der Waals surface area contributed by atoms with E-state index in [9.17, 15) is 9.59 Å². The zero-order valence-corrected chi connectivity index (χ0v) is 16.7. The third kappa shape index (κ3) is 3.88. The molecule has 1 saturated heterocycles. The van der Waals surface area contributed by atoms with Gasteiger partial charge in [0, 0.05) is 31.0 Å². The number of nitrogens with one attached hydrogen (secondary N) is 1. The second-order valence-corrected chi connectivity index (χ2v) is 8.46. The van der Waals surface area contributed by atoms with E-state index in [0.717, 1.165) is 62.1 Å². The van der Waals surface area contributed by atoms with Crippen LogP contribution in [-0.4, -0.2) is 49.6 Å². The van der Waals surface area contributed by atoms with Crippen LogP contribution < -0.4 is 14.8 Å². The number of likely N-dealkylation sites (tertiary alicyclic amines) is 1. The van der Waals surface area contributed by atoms with Crippen molar-refractivity contribution in [1.82, 2.24) is 10.2 Å². The molecule has 152 valence electrons. The fraction of sp³-hybridized carbons (Fsp3) is 0.636. The monoisotopic (exact) mass is 386 g/mol. The average molecular weight is 386 g/mol. The third-order valence-corrected chi connectivity index (χ3v) is 6.51. The van der Waals surface area contributed by atoms with E-state index in [1.165, 1.54) is 4.90 Å². The molecule has 1 aliphatic carbocycles. The van der Waals surface area contributed by atoms with E-state index >= 15 is 0 Å². The Balaban J connectivity index is 1.24. The number of hydrogen-bond acceptors (Lipinski definition) is 5. The van der Waals surface area contributed by atoms with Crippen molar-refractivity contribution >= 4 is 11.8 Å². The molecule has 2 heterocycles. The molecular weight excluding hydrogens is 356 g/mol. The van der Waals surface area contributed by atoms with E-state index in [-0.39, 0.29) is 23.3 Å². The summed E-state index contributed by atoms with van der Waals surface area (Å²) in [7, 11) is 1.68. The molecule has 1 spiro atoms. The van der Waals surface area contributed by atoms with E-state index in [0.29, 0.717) is 26.0 Å². The van der Waals surface area contributed by atoms with Crippen LogP contribution in [0.25, 0.3) is 0 Å². The topological polar surface area (TPSA) is 67.9 Å². The molecule has 2 aliphatic heterocycles. The Hall–Kier alpha value is -2.08. The molecule has 2 fully saturated rings. The van der Waals surface area contributed by atoms with Gasteiger partial charge < -0.3 is 14.8 Å². The quantitative estimate of drug-likeness (QED) is 0.601. The fourth-order valence-electron chi connectivity index (χ4n) is 5.01. The summed E-state index contributed by atoms with van der Waals surface area (Å²) in [6.45, 7) is 1.87. The maximum absolute atomic E-state index is 12.5. The standard InChI is InChI=1S/C22H30N2O4/c1-27-18-6-4-7-19-17(18)12-16(15-28-19)23-10-5-11-24-20(25)13-22(14-21(24)26)8-2-3-9-22/h4,6-7,16,23H,2-3,5,8-15H2,1H3. The Morgan fingerprint density at radius 2 is 1.96 bits per heavy atom. The lowest BCUT2D eigenvalue weighted by atomic mass is 9.76. The highest BCUT2D eigenvalue weighted by atomic mass is 16.5. The minimum absolute atomic E-state index is 0.0190. The average Bonchev–Trinajstić information content (AvgIpc) is 3.13. The van der Waals surface area contributed by atoms with Gasteiger partial charge in [0.2, 0.25) is 11.8 Å². The summed E-state index contributed by atoms with van der Waals surface area (Å²) < 4.78 is 11.3. The van der Waals surface area contributed by atoms with Crippen molar-refractivity contribution in [3.05, 3.63) is 23.8 Å². The van der Waals surface area contributed by atoms with Crippen molar-refractivity contribution in [2.75, 3.05) is 26.8 Å². The van der Waals surface area contributed by atoms with E-state index in [1.807, 2.05) is 18.2 Å². The summed E-state index contributed by atoms with van der Waals surface area (Å²) in [6, 6.07) is 6.07. The number of ether oxygens (including phenoxy) is 2. The number of imide groups is 1. The molecule has 1 saturated carbocycles. The Labute approximate surface area is 166 Å². The molecule has 1 atom stereocenters. The number of carbonyl (C=O) groups excluding carboxylic acids is 2. The van der Waals surface area contributed by atoms with Crippen molar-refractivity contribution in [3.63, 3.8) is 0 Å². The normalized spacial score (nSPS) is 23.6. The predicted octanol–water partition coefficient (Wildman–Crippen LogP) is 2.69. The Morgan fingerprint density at radius 1 is 1.21 bits per heavy atom. The second-order valence-electron chi connectivity index (χ2n) is 8.46. The summed E-state index contributed by atoms with van der Waals surface area (Å²) >= 11 is 0. The van der Waals surface area contributed by atoms with Crippen LogP contribution in [-0.2, 0) is 16.0 Å². The number of carbonyl (C=O) groups is 2. The van der Waals surface area contributed by atoms with Crippen LogP contribution in [0.1, 0.15) is 50.5 Å². The summed E-state index contributed by atoms with van der Waals surface area (Å²) in [5.74, 6) is 1.80. The van der Waals surface area contributed by atoms with Crippen molar-refractivity contribution in [2.24, 2.45) is 5.41 Å². The molecule has 0 aromatic heterocycles. The SMILES string of the molecule is COc1cccc2c1CC(NCCCN1C(=O)CC3(CCCC3)CC1=O)CO2. The molecule has 1 aromatic rings. The van der Waals surface area contributed by atoms with Gasteiger partial charge in [-0.3, -0.25) is 14.5 Å². The lowest BCUT2D eigenvalue weighted by Crippen LogP contribution is -2.48. The second kappa shape index (κ2) is 8.11. The molecular formula is C22H30N2O4. The minimum atomic E-state index is -0.0190. The van der Waals surface area contributed by atoms with Crippen LogP contribution in [0.4, 0.5) is 0 Å². The first-order valence-corrected chi connectivity index (χ1v) is 10.5. The summed E-state index contributed by atoms with van der Waals surface area (Å²) in [5, 5.41) is 3.50. The Kier molecular flexibility index (Phi) is 5.58. The number of hydrogen-bond donors (Lipinski definition) is 1. The number of benzene rings is 1. The molecule has 1 unspecified atom stereocenters. The van der Waals surface area contributed by atoms with Gasteiger partial charge in [-0.25, -0.2) is 0 Å². The number of fused-ring (bicyclic) bond motifs is 1. The highest BCUT2D eigenvalue weighted by Crippen LogP contribution is 2.46. The van der Waals surface area contributed by atoms with E-state index in [2.05, 4.69) is 5.32 Å². The molecule has 6 nitrogen and oxygen atoms in total. The van der Waals surface area contributed by atoms with Crippen LogP contribution in [0, 0.1) is 5.41 Å². The number of methoxy groups -OCH3 is 1. The van der Waals surface area contributed by atoms with Crippen LogP contribution in [0.3, 0.4) is 0 Å². The first-order chi connectivity index (χ1) is 13.6. The maximum atomic E-state index is 12.5. The first-order valence-electron chi connectivity index (χ1n) is 10.5. The summed E-state index contributed by atoms with van der Waals surface area (Å²) in [5.41, 5.74) is 1.08. The molecule has 2 amide bonds. The predicted molar refractivity (Wildman–Crippen MR) is 105 cm³/mol. The van der Waals surface area contributed by atoms with E-state index in [1.54, 1.807) is 7.11 Å². The zero-order valence-electron chi connectivity index (χ0n) is 16.7. The lowest BCUT2D eigenvalue weighted by Gasteiger charge is -2.37. The van der Waals surface area contributed by atoms with Gasteiger partial charge >= 0.3 is 0 Å². The van der Waals surface area contributed by atoms with Gasteiger partial charge in [0.1, 0.15) is 18.1 Å². The molecule has 1 N–H and O–H groups in total. The molecule has 28 heavy (non-hydrogen) atoms. The number of piperidine rings is 1. The first kappa shape index (κ1) is 19.2. The lowest BCUT2D eigenvalue weighted by molar-refractivity contribution is -0.153. The summed E-state index contributed by atoms with van der Waals surface area (Å²) in [6.07, 6.45) is 7.10. The van der Waals surface area contributed by atoms with Crippen LogP contribution >= 0.6 is 0 Å². The molecule has 6 heteroatoms. The van der Waals surface area contributed by atoms with Crippen LogP contribution in [0.2, 0.25) is 0 Å². The van der Waals surface area contributed by atoms with Gasteiger partial charge in [0.05, 0.1) is 7.11 Å². The van der Waals surface area contributed by atoms with Crippen molar-refractivity contribution < 1.29 is 19.1 Å². The fourth-order valence-corrected chi connectivity index (χ4v) is 5.01. The van der Waals surface area contributed by atoms with Gasteiger partial charge in [0.15, 0.2) is 0 Å². The zero-order chi connectivity index (χ0) is 19.6. The van der Waals surface area contributed by atoms with Crippen LogP contribution in [0.5, 0.6) is 11.5 Å². The van der Waals surface area contributed by atoms with Gasteiger partial charge in [-0.15, -0.1) is 0 Å². The summed E-state index contributed by atoms with van der Waals surface area (Å²) in [4.78, 5) is 26.5. The van der Waals surface area contributed by atoms with Gasteiger partial charge in [-0.2, -0.15) is 0 Å². The highest BCUT2D eigenvalue weighted by molar-refractivity contribution is 5.98. The number of rotatable bonds is 6. The van der Waals surface area contributed by atoms with Gasteiger partial charge in [0.25, 0.3) is 0 Å². The van der Waals surface area contributed by atoms with E-state index < -0.39 is 0 Å². The molecule has 0 bridgehead atoms. The van der Waals surface area contributed by atoms with E-state index in [4.69, 9.17) is 9.47 Å². The Bertz CT molecular complexity index is 708. The van der Waals surface area contributed by atoms with Crippen molar-refractivity contribution in [3.8, 4) is 11.5 Å². The Morgan fingerprint density at radius 3 is 2.68 bits per heavy atom. The van der Waals surface area contributed by atoms with Crippen molar-refractivity contribution in [2.45, 2.75) is 57.4 Å². The number of amides is 2. The van der Waals surface area contributed by atoms with Crippen LogP contribution in [0.15, 0.2) is 18.2 Å². The molecule has 3 aliphatic rings. The van der Waals surface area contributed by atoms with Gasteiger partial charge in [-0.05, 0) is 49.8 Å². The smallest absolute Gasteiger partial charge is 0.229 e. The largest absolute Gasteiger partial charge is 0.496 e. The van der Waals surface area contributed by atoms with Crippen molar-refractivity contribution in [1.29, 1.82) is 0 Å². The third-order valence-electron chi connectivity index (χ3n) is 6.51. The maximum Gasteiger partial charge on any atom is 0.229 e. The molecule has 4 rings (SSSR count). The van der Waals surface area contributed by atoms with Gasteiger partial charge in [-0.1, -0.05) is 18.9 Å². The minimum Gasteiger partial charge on any atom is -0.496 e. The highest BCUT2D eigenvalue weighted by Gasteiger charge is 2.44.